The van der Waals surface area contributed by atoms with Crippen LogP contribution in [0.15, 0.2) is 36.7 Å². The predicted octanol–water partition coefficient (Wildman–Crippen LogP) is 3.41. The molecule has 0 unspecified atom stereocenters. The van der Waals surface area contributed by atoms with E-state index in [1.165, 1.54) is 6.20 Å². The number of aromatic nitrogens is 2. The lowest BCUT2D eigenvalue weighted by atomic mass is 10.2. The number of hydrogen-bond acceptors (Lipinski definition) is 4. The lowest BCUT2D eigenvalue weighted by molar-refractivity contribution is 0.134. The van der Waals surface area contributed by atoms with Crippen LogP contribution in [0.25, 0.3) is 0 Å². The second-order valence-corrected chi connectivity index (χ2v) is 4.07. The van der Waals surface area contributed by atoms with Gasteiger partial charge in [-0.15, -0.1) is 0 Å². The molecule has 0 aliphatic rings. The minimum absolute atomic E-state index is 0.368. The van der Waals surface area contributed by atoms with E-state index in [0.29, 0.717) is 17.6 Å². The average molecular weight is 264 g/mol. The SMILES string of the molecule is CCOCc1ccc(Nc2cncc(Cl)n2)cc1. The molecule has 2 aromatic rings. The lowest BCUT2D eigenvalue weighted by Gasteiger charge is -2.06. The fourth-order valence-corrected chi connectivity index (χ4v) is 1.60. The van der Waals surface area contributed by atoms with E-state index in [0.717, 1.165) is 17.9 Å². The second-order valence-electron chi connectivity index (χ2n) is 3.69. The van der Waals surface area contributed by atoms with Crippen LogP contribution in [0.5, 0.6) is 0 Å². The Hall–Kier alpha value is -1.65. The van der Waals surface area contributed by atoms with Crippen molar-refractivity contribution in [2.45, 2.75) is 13.5 Å². The highest BCUT2D eigenvalue weighted by atomic mass is 35.5. The first-order chi connectivity index (χ1) is 8.78. The maximum Gasteiger partial charge on any atom is 0.150 e. The number of halogens is 1. The van der Waals surface area contributed by atoms with Crippen LogP contribution in [0, 0.1) is 0 Å². The summed E-state index contributed by atoms with van der Waals surface area (Å²) in [7, 11) is 0. The van der Waals surface area contributed by atoms with E-state index < -0.39 is 0 Å². The molecule has 1 heterocycles. The molecule has 18 heavy (non-hydrogen) atoms. The van der Waals surface area contributed by atoms with Crippen molar-refractivity contribution in [3.8, 4) is 0 Å². The Morgan fingerprint density at radius 3 is 2.67 bits per heavy atom. The number of hydrogen-bond donors (Lipinski definition) is 1. The van der Waals surface area contributed by atoms with E-state index in [-0.39, 0.29) is 0 Å². The molecule has 1 N–H and O–H groups in total. The van der Waals surface area contributed by atoms with Crippen LogP contribution >= 0.6 is 11.6 Å². The average Bonchev–Trinajstić information content (AvgIpc) is 2.38. The van der Waals surface area contributed by atoms with Gasteiger partial charge in [0.05, 0.1) is 19.0 Å². The van der Waals surface area contributed by atoms with Crippen LogP contribution in [0.2, 0.25) is 5.15 Å². The summed E-state index contributed by atoms with van der Waals surface area (Å²) < 4.78 is 5.33. The van der Waals surface area contributed by atoms with E-state index in [2.05, 4.69) is 15.3 Å². The third-order valence-corrected chi connectivity index (χ3v) is 2.49. The van der Waals surface area contributed by atoms with E-state index in [4.69, 9.17) is 16.3 Å². The number of nitrogens with zero attached hydrogens (tertiary/aromatic N) is 2. The van der Waals surface area contributed by atoms with E-state index >= 15 is 0 Å². The Labute approximate surface area is 111 Å². The number of nitrogens with one attached hydrogen (secondary N) is 1. The second kappa shape index (κ2) is 6.33. The molecule has 0 aliphatic carbocycles. The Morgan fingerprint density at radius 1 is 1.22 bits per heavy atom. The molecule has 0 atom stereocenters. The molecule has 0 saturated carbocycles. The fourth-order valence-electron chi connectivity index (χ4n) is 1.45. The van der Waals surface area contributed by atoms with Gasteiger partial charge in [-0.25, -0.2) is 4.98 Å². The topological polar surface area (TPSA) is 47.0 Å². The van der Waals surface area contributed by atoms with Crippen molar-refractivity contribution in [1.82, 2.24) is 9.97 Å². The number of benzene rings is 1. The van der Waals surface area contributed by atoms with Crippen molar-refractivity contribution >= 4 is 23.1 Å². The first-order valence-corrected chi connectivity index (χ1v) is 6.07. The number of rotatable bonds is 5. The molecule has 5 heteroatoms. The van der Waals surface area contributed by atoms with Gasteiger partial charge < -0.3 is 10.1 Å². The van der Waals surface area contributed by atoms with Gasteiger partial charge in [-0.3, -0.25) is 4.98 Å². The van der Waals surface area contributed by atoms with Crippen molar-refractivity contribution in [2.75, 3.05) is 11.9 Å². The van der Waals surface area contributed by atoms with Crippen molar-refractivity contribution in [2.24, 2.45) is 0 Å². The van der Waals surface area contributed by atoms with Gasteiger partial charge in [0.1, 0.15) is 5.15 Å². The fraction of sp³-hybridized carbons (Fsp3) is 0.231. The summed E-state index contributed by atoms with van der Waals surface area (Å²) >= 11 is 5.76. The Bertz CT molecular complexity index is 502. The van der Waals surface area contributed by atoms with Gasteiger partial charge in [-0.1, -0.05) is 23.7 Å². The van der Waals surface area contributed by atoms with Crippen LogP contribution in [-0.4, -0.2) is 16.6 Å². The van der Waals surface area contributed by atoms with Gasteiger partial charge >= 0.3 is 0 Å². The minimum Gasteiger partial charge on any atom is -0.377 e. The summed E-state index contributed by atoms with van der Waals surface area (Å²) in [5, 5.41) is 3.50. The van der Waals surface area contributed by atoms with Gasteiger partial charge in [0.2, 0.25) is 0 Å². The monoisotopic (exact) mass is 263 g/mol. The van der Waals surface area contributed by atoms with Gasteiger partial charge in [0.15, 0.2) is 5.82 Å². The van der Waals surface area contributed by atoms with Crippen molar-refractivity contribution < 1.29 is 4.74 Å². The maximum absolute atomic E-state index is 5.76. The zero-order valence-electron chi connectivity index (χ0n) is 10.1. The minimum atomic E-state index is 0.368. The number of anilines is 2. The van der Waals surface area contributed by atoms with Gasteiger partial charge in [0.25, 0.3) is 0 Å². The zero-order valence-corrected chi connectivity index (χ0v) is 10.8. The first-order valence-electron chi connectivity index (χ1n) is 5.69. The summed E-state index contributed by atoms with van der Waals surface area (Å²) in [6.07, 6.45) is 3.12. The molecule has 0 amide bonds. The Morgan fingerprint density at radius 2 is 2.00 bits per heavy atom. The standard InChI is InChI=1S/C13H14ClN3O/c1-2-18-9-10-3-5-11(6-4-10)16-13-8-15-7-12(14)17-13/h3-8H,2,9H2,1H3,(H,16,17). The summed E-state index contributed by atoms with van der Waals surface area (Å²) in [5.41, 5.74) is 2.08. The van der Waals surface area contributed by atoms with Crippen molar-refractivity contribution in [1.29, 1.82) is 0 Å². The molecule has 1 aromatic carbocycles. The van der Waals surface area contributed by atoms with E-state index in [1.54, 1.807) is 6.20 Å². The molecule has 0 aliphatic heterocycles. The van der Waals surface area contributed by atoms with Crippen LogP contribution in [0.1, 0.15) is 12.5 Å². The largest absolute Gasteiger partial charge is 0.377 e. The summed E-state index contributed by atoms with van der Waals surface area (Å²) in [4.78, 5) is 8.07. The third kappa shape index (κ3) is 3.68. The van der Waals surface area contributed by atoms with Crippen molar-refractivity contribution in [3.63, 3.8) is 0 Å². The molecule has 0 radical (unpaired) electrons. The molecular weight excluding hydrogens is 250 g/mol. The van der Waals surface area contributed by atoms with Gasteiger partial charge in [0, 0.05) is 12.3 Å². The maximum atomic E-state index is 5.76. The highest BCUT2D eigenvalue weighted by molar-refractivity contribution is 6.29. The van der Waals surface area contributed by atoms with Crippen LogP contribution in [0.4, 0.5) is 11.5 Å². The summed E-state index contributed by atoms with van der Waals surface area (Å²) in [6, 6.07) is 7.96. The predicted molar refractivity (Wildman–Crippen MR) is 72.1 cm³/mol. The summed E-state index contributed by atoms with van der Waals surface area (Å²) in [6.45, 7) is 3.33. The molecule has 0 saturated heterocycles. The van der Waals surface area contributed by atoms with E-state index in [1.807, 2.05) is 31.2 Å². The first kappa shape index (κ1) is 12.8. The highest BCUT2D eigenvalue weighted by Gasteiger charge is 1.98. The molecule has 0 spiro atoms. The molecule has 2 rings (SSSR count). The quantitative estimate of drug-likeness (QED) is 0.898. The molecule has 1 aromatic heterocycles. The van der Waals surface area contributed by atoms with Crippen molar-refractivity contribution in [3.05, 3.63) is 47.4 Å². The lowest BCUT2D eigenvalue weighted by Crippen LogP contribution is -1.96. The van der Waals surface area contributed by atoms with Crippen LogP contribution in [0.3, 0.4) is 0 Å². The molecule has 0 fully saturated rings. The molecule has 0 bridgehead atoms. The van der Waals surface area contributed by atoms with Gasteiger partial charge in [-0.05, 0) is 24.6 Å². The zero-order chi connectivity index (χ0) is 12.8. The van der Waals surface area contributed by atoms with Gasteiger partial charge in [-0.2, -0.15) is 0 Å². The normalized spacial score (nSPS) is 10.3. The summed E-state index contributed by atoms with van der Waals surface area (Å²) in [5.74, 6) is 0.625. The number of ether oxygens (including phenoxy) is 1. The van der Waals surface area contributed by atoms with Crippen LogP contribution in [-0.2, 0) is 11.3 Å². The van der Waals surface area contributed by atoms with E-state index in [9.17, 15) is 0 Å². The third-order valence-electron chi connectivity index (χ3n) is 2.30. The Kier molecular flexibility index (Phi) is 4.50. The molecule has 4 nitrogen and oxygen atoms in total. The molecular formula is C13H14ClN3O. The Balaban J connectivity index is 2.02. The highest BCUT2D eigenvalue weighted by Crippen LogP contribution is 2.16. The smallest absolute Gasteiger partial charge is 0.150 e. The molecule has 94 valence electrons. The van der Waals surface area contributed by atoms with Crippen LogP contribution < -0.4 is 5.32 Å².